The molecule has 9 heteroatoms. The number of carbonyl (C=O) groups excluding carboxylic acids is 3. The van der Waals surface area contributed by atoms with Crippen LogP contribution in [0.1, 0.15) is 31.8 Å². The van der Waals surface area contributed by atoms with Gasteiger partial charge >= 0.3 is 18.1 Å². The van der Waals surface area contributed by atoms with Crippen molar-refractivity contribution >= 4 is 17.8 Å². The average Bonchev–Trinajstić information content (AvgIpc) is 2.71. The van der Waals surface area contributed by atoms with Crippen LogP contribution in [0.2, 0.25) is 0 Å². The number of methoxy groups -OCH3 is 2. The highest BCUT2D eigenvalue weighted by Gasteiger charge is 2.31. The van der Waals surface area contributed by atoms with Crippen LogP contribution in [0.5, 0.6) is 0 Å². The zero-order valence-corrected chi connectivity index (χ0v) is 15.6. The number of ether oxygens (including phenoxy) is 2. The van der Waals surface area contributed by atoms with Crippen LogP contribution >= 0.6 is 0 Å². The Bertz CT molecular complexity index is 911. The fraction of sp³-hybridized carbons (Fsp3) is 0.250. The van der Waals surface area contributed by atoms with Gasteiger partial charge in [-0.3, -0.25) is 4.79 Å². The molecule has 0 fully saturated rings. The Kier molecular flexibility index (Phi) is 6.98. The van der Waals surface area contributed by atoms with Gasteiger partial charge in [-0.15, -0.1) is 0 Å². The minimum Gasteiger partial charge on any atom is -0.467 e. The number of halogens is 3. The van der Waals surface area contributed by atoms with Crippen LogP contribution in [0.3, 0.4) is 0 Å². The fourth-order valence-electron chi connectivity index (χ4n) is 2.59. The summed E-state index contributed by atoms with van der Waals surface area (Å²) in [5.41, 5.74) is -0.465. The van der Waals surface area contributed by atoms with Crippen molar-refractivity contribution < 1.29 is 37.0 Å². The summed E-state index contributed by atoms with van der Waals surface area (Å²) in [4.78, 5) is 36.2. The van der Waals surface area contributed by atoms with E-state index in [4.69, 9.17) is 0 Å². The standard InChI is InChI=1S/C20H18F3NO5/c1-28-18(26)14-7-4-6-13(11-14)17(25)24-16(19(27)29-2)10-12-5-3-8-15(9-12)20(21,22)23/h3-9,11,16H,10H2,1-2H3,(H,24,25)/t16-/m1/s1. The number of nitrogens with one attached hydrogen (secondary N) is 1. The number of hydrogen-bond donors (Lipinski definition) is 1. The Labute approximate surface area is 164 Å². The number of rotatable bonds is 6. The topological polar surface area (TPSA) is 81.7 Å². The molecule has 0 spiro atoms. The number of carbonyl (C=O) groups is 3. The maximum Gasteiger partial charge on any atom is 0.416 e. The van der Waals surface area contributed by atoms with Crippen molar-refractivity contribution in [2.75, 3.05) is 14.2 Å². The van der Waals surface area contributed by atoms with E-state index in [9.17, 15) is 27.6 Å². The second kappa shape index (κ2) is 9.22. The fourth-order valence-corrected chi connectivity index (χ4v) is 2.59. The van der Waals surface area contributed by atoms with Gasteiger partial charge in [-0.25, -0.2) is 9.59 Å². The third-order valence-corrected chi connectivity index (χ3v) is 4.03. The Morgan fingerprint density at radius 1 is 0.966 bits per heavy atom. The number of esters is 2. The highest BCUT2D eigenvalue weighted by molar-refractivity contribution is 5.99. The molecule has 1 amide bonds. The summed E-state index contributed by atoms with van der Waals surface area (Å²) in [5, 5.41) is 2.43. The van der Waals surface area contributed by atoms with Gasteiger partial charge in [-0.2, -0.15) is 13.2 Å². The normalized spacial score (nSPS) is 12.0. The SMILES string of the molecule is COC(=O)c1cccc(C(=O)N[C@H](Cc2cccc(C(F)(F)F)c2)C(=O)OC)c1. The minimum atomic E-state index is -4.53. The number of hydrogen-bond acceptors (Lipinski definition) is 5. The first kappa shape index (κ1) is 21.9. The van der Waals surface area contributed by atoms with E-state index in [1.54, 1.807) is 0 Å². The second-order valence-electron chi connectivity index (χ2n) is 6.02. The van der Waals surface area contributed by atoms with E-state index in [1.165, 1.54) is 43.5 Å². The highest BCUT2D eigenvalue weighted by Crippen LogP contribution is 2.29. The smallest absolute Gasteiger partial charge is 0.416 e. The van der Waals surface area contributed by atoms with Gasteiger partial charge < -0.3 is 14.8 Å². The molecule has 6 nitrogen and oxygen atoms in total. The maximum atomic E-state index is 12.9. The minimum absolute atomic E-state index is 0.0749. The van der Waals surface area contributed by atoms with E-state index in [0.717, 1.165) is 19.2 Å². The van der Waals surface area contributed by atoms with Crippen molar-refractivity contribution in [3.05, 3.63) is 70.8 Å². The molecule has 1 atom stereocenters. The predicted molar refractivity (Wildman–Crippen MR) is 96.2 cm³/mol. The number of benzene rings is 2. The van der Waals surface area contributed by atoms with Crippen LogP contribution < -0.4 is 5.32 Å². The third kappa shape index (κ3) is 5.81. The van der Waals surface area contributed by atoms with Gasteiger partial charge in [0.05, 0.1) is 25.3 Å². The molecule has 0 aliphatic heterocycles. The van der Waals surface area contributed by atoms with E-state index in [1.807, 2.05) is 0 Å². The van der Waals surface area contributed by atoms with Crippen LogP contribution in [0.15, 0.2) is 48.5 Å². The van der Waals surface area contributed by atoms with Gasteiger partial charge in [-0.05, 0) is 29.8 Å². The van der Waals surface area contributed by atoms with E-state index in [-0.39, 0.29) is 23.1 Å². The summed E-state index contributed by atoms with van der Waals surface area (Å²) in [6.45, 7) is 0. The predicted octanol–water partition coefficient (Wildman–Crippen LogP) is 3.01. The molecule has 1 N–H and O–H groups in total. The first-order valence-electron chi connectivity index (χ1n) is 8.39. The largest absolute Gasteiger partial charge is 0.467 e. The van der Waals surface area contributed by atoms with E-state index in [2.05, 4.69) is 14.8 Å². The molecule has 2 aromatic carbocycles. The second-order valence-corrected chi connectivity index (χ2v) is 6.02. The first-order valence-corrected chi connectivity index (χ1v) is 8.39. The van der Waals surface area contributed by atoms with Crippen molar-refractivity contribution in [3.8, 4) is 0 Å². The van der Waals surface area contributed by atoms with Crippen molar-refractivity contribution in [2.24, 2.45) is 0 Å². The van der Waals surface area contributed by atoms with Crippen molar-refractivity contribution in [1.82, 2.24) is 5.32 Å². The summed E-state index contributed by atoms with van der Waals surface area (Å²) < 4.78 is 47.9. The molecule has 0 unspecified atom stereocenters. The van der Waals surface area contributed by atoms with Crippen molar-refractivity contribution in [1.29, 1.82) is 0 Å². The molecule has 0 aliphatic carbocycles. The first-order chi connectivity index (χ1) is 13.7. The Morgan fingerprint density at radius 3 is 2.24 bits per heavy atom. The van der Waals surface area contributed by atoms with Gasteiger partial charge in [0.2, 0.25) is 0 Å². The van der Waals surface area contributed by atoms with E-state index in [0.29, 0.717) is 0 Å². The molecular weight excluding hydrogens is 391 g/mol. The molecule has 0 bridgehead atoms. The molecule has 0 saturated heterocycles. The van der Waals surface area contributed by atoms with Crippen LogP contribution in [0.4, 0.5) is 13.2 Å². The van der Waals surface area contributed by atoms with Crippen LogP contribution in [0, 0.1) is 0 Å². The lowest BCUT2D eigenvalue weighted by Crippen LogP contribution is -2.43. The highest BCUT2D eigenvalue weighted by atomic mass is 19.4. The Balaban J connectivity index is 2.23. The van der Waals surface area contributed by atoms with Gasteiger partial charge in [-0.1, -0.05) is 24.3 Å². The van der Waals surface area contributed by atoms with E-state index >= 15 is 0 Å². The number of amides is 1. The molecule has 2 aromatic rings. The molecule has 0 heterocycles. The van der Waals surface area contributed by atoms with Crippen molar-refractivity contribution in [3.63, 3.8) is 0 Å². The Hall–Kier alpha value is -3.36. The molecule has 0 radical (unpaired) electrons. The van der Waals surface area contributed by atoms with Gasteiger partial charge in [0.25, 0.3) is 5.91 Å². The summed E-state index contributed by atoms with van der Waals surface area (Å²) >= 11 is 0. The lowest BCUT2D eigenvalue weighted by Gasteiger charge is -2.17. The molecule has 0 aromatic heterocycles. The van der Waals surface area contributed by atoms with Crippen molar-refractivity contribution in [2.45, 2.75) is 18.6 Å². The zero-order chi connectivity index (χ0) is 21.6. The quantitative estimate of drug-likeness (QED) is 0.742. The maximum absolute atomic E-state index is 12.9. The molecule has 0 saturated carbocycles. The molecule has 154 valence electrons. The van der Waals surface area contributed by atoms with Crippen LogP contribution in [0.25, 0.3) is 0 Å². The molecule has 2 rings (SSSR count). The van der Waals surface area contributed by atoms with Gasteiger partial charge in [0.1, 0.15) is 6.04 Å². The van der Waals surface area contributed by atoms with E-state index < -0.39 is 35.6 Å². The summed E-state index contributed by atoms with van der Waals surface area (Å²) in [5.74, 6) is -2.16. The molecule has 29 heavy (non-hydrogen) atoms. The lowest BCUT2D eigenvalue weighted by molar-refractivity contribution is -0.142. The zero-order valence-electron chi connectivity index (χ0n) is 15.6. The molecule has 0 aliphatic rings. The summed E-state index contributed by atoms with van der Waals surface area (Å²) in [6.07, 6.45) is -4.74. The van der Waals surface area contributed by atoms with Crippen LogP contribution in [-0.4, -0.2) is 38.1 Å². The average molecular weight is 409 g/mol. The molecular formula is C20H18F3NO5. The Morgan fingerprint density at radius 2 is 1.62 bits per heavy atom. The summed E-state index contributed by atoms with van der Waals surface area (Å²) in [7, 11) is 2.29. The van der Waals surface area contributed by atoms with Crippen LogP contribution in [-0.2, 0) is 26.9 Å². The summed E-state index contributed by atoms with van der Waals surface area (Å²) in [6, 6.07) is 8.82. The monoisotopic (exact) mass is 409 g/mol. The van der Waals surface area contributed by atoms with Gasteiger partial charge in [0.15, 0.2) is 0 Å². The van der Waals surface area contributed by atoms with Gasteiger partial charge in [0, 0.05) is 12.0 Å². The third-order valence-electron chi connectivity index (χ3n) is 4.03. The number of alkyl halides is 3. The lowest BCUT2D eigenvalue weighted by atomic mass is 10.0.